The summed E-state index contributed by atoms with van der Waals surface area (Å²) in [7, 11) is 0. The number of aliphatic carboxylic acids is 1. The van der Waals surface area contributed by atoms with Gasteiger partial charge < -0.3 is 10.4 Å². The lowest BCUT2D eigenvalue weighted by molar-refractivity contribution is -0.177. The molecule has 1 amide bonds. The maximum absolute atomic E-state index is 12.2. The van der Waals surface area contributed by atoms with Crippen molar-refractivity contribution in [2.75, 3.05) is 5.75 Å². The van der Waals surface area contributed by atoms with Crippen molar-refractivity contribution in [3.05, 3.63) is 35.9 Å². The lowest BCUT2D eigenvalue weighted by Gasteiger charge is -2.26. The second kappa shape index (κ2) is 6.84. The zero-order valence-electron chi connectivity index (χ0n) is 11.1. The number of carbonyl (C=O) groups is 2. The van der Waals surface area contributed by atoms with Crippen LogP contribution < -0.4 is 5.32 Å². The summed E-state index contributed by atoms with van der Waals surface area (Å²) in [6.07, 6.45) is -5.11. The molecule has 1 aromatic carbocycles. The fourth-order valence-corrected chi connectivity index (χ4v) is 2.55. The van der Waals surface area contributed by atoms with Crippen molar-refractivity contribution >= 4 is 23.6 Å². The Balaban J connectivity index is 2.64. The first kappa shape index (κ1) is 17.4. The number of thioether (sulfide) groups is 1. The van der Waals surface area contributed by atoms with Crippen molar-refractivity contribution in [1.82, 2.24) is 5.32 Å². The van der Waals surface area contributed by atoms with Gasteiger partial charge in [0.2, 0.25) is 0 Å². The third-order valence-electron chi connectivity index (χ3n) is 2.62. The highest BCUT2D eigenvalue weighted by Crippen LogP contribution is 2.21. The lowest BCUT2D eigenvalue weighted by Crippen LogP contribution is -2.57. The van der Waals surface area contributed by atoms with Crippen molar-refractivity contribution in [2.45, 2.75) is 24.4 Å². The molecular formula is C13H14F3NO3S. The van der Waals surface area contributed by atoms with Crippen LogP contribution in [0.1, 0.15) is 12.5 Å². The van der Waals surface area contributed by atoms with Gasteiger partial charge in [0.05, 0.1) is 0 Å². The lowest BCUT2D eigenvalue weighted by atomic mass is 10.1. The number of carbonyl (C=O) groups excluding carboxylic acids is 1. The number of carboxylic acid groups (broad SMARTS) is 1. The zero-order chi connectivity index (χ0) is 16.1. The van der Waals surface area contributed by atoms with Gasteiger partial charge in [0, 0.05) is 11.5 Å². The minimum Gasteiger partial charge on any atom is -0.479 e. The van der Waals surface area contributed by atoms with Crippen LogP contribution in [-0.2, 0) is 15.3 Å². The molecule has 2 N–H and O–H groups in total. The molecule has 0 heterocycles. The van der Waals surface area contributed by atoms with Gasteiger partial charge in [-0.15, -0.1) is 0 Å². The van der Waals surface area contributed by atoms with Crippen molar-refractivity contribution in [3.8, 4) is 0 Å². The van der Waals surface area contributed by atoms with Gasteiger partial charge in [-0.1, -0.05) is 30.3 Å². The van der Waals surface area contributed by atoms with Crippen molar-refractivity contribution in [3.63, 3.8) is 0 Å². The van der Waals surface area contributed by atoms with E-state index in [-0.39, 0.29) is 5.75 Å². The Morgan fingerprint density at radius 3 is 2.29 bits per heavy atom. The average molecular weight is 321 g/mol. The summed E-state index contributed by atoms with van der Waals surface area (Å²) < 4.78 is 36.7. The largest absolute Gasteiger partial charge is 0.479 e. The Bertz CT molecular complexity index is 507. The molecule has 0 unspecified atom stereocenters. The van der Waals surface area contributed by atoms with Gasteiger partial charge in [-0.05, 0) is 12.5 Å². The third kappa shape index (κ3) is 5.30. The normalized spacial score (nSPS) is 14.3. The minimum atomic E-state index is -5.11. The van der Waals surface area contributed by atoms with Crippen LogP contribution in [0.15, 0.2) is 30.3 Å². The summed E-state index contributed by atoms with van der Waals surface area (Å²) in [5.41, 5.74) is -1.07. The molecule has 4 nitrogen and oxygen atoms in total. The second-order valence-electron chi connectivity index (χ2n) is 4.57. The molecule has 0 saturated heterocycles. The Morgan fingerprint density at radius 2 is 1.81 bits per heavy atom. The van der Waals surface area contributed by atoms with Gasteiger partial charge in [-0.25, -0.2) is 4.79 Å². The third-order valence-corrected chi connectivity index (χ3v) is 3.94. The molecule has 0 aromatic heterocycles. The van der Waals surface area contributed by atoms with E-state index in [1.807, 2.05) is 18.2 Å². The van der Waals surface area contributed by atoms with Gasteiger partial charge in [0.1, 0.15) is 5.54 Å². The molecule has 0 aliphatic heterocycles. The molecule has 0 saturated carbocycles. The van der Waals surface area contributed by atoms with E-state index in [0.29, 0.717) is 5.75 Å². The van der Waals surface area contributed by atoms with E-state index in [1.165, 1.54) is 5.32 Å². The average Bonchev–Trinajstić information content (AvgIpc) is 2.38. The molecule has 1 atom stereocenters. The zero-order valence-corrected chi connectivity index (χ0v) is 11.9. The Hall–Kier alpha value is -1.70. The fourth-order valence-electron chi connectivity index (χ4n) is 1.42. The first-order valence-corrected chi connectivity index (χ1v) is 7.05. The van der Waals surface area contributed by atoms with E-state index in [4.69, 9.17) is 5.11 Å². The number of halogens is 3. The highest BCUT2D eigenvalue weighted by molar-refractivity contribution is 7.98. The number of hydrogen-bond acceptors (Lipinski definition) is 3. The predicted octanol–water partition coefficient (Wildman–Crippen LogP) is 2.44. The SMILES string of the molecule is C[C@](CSCc1ccccc1)(NC(=O)C(F)(F)F)C(=O)O. The van der Waals surface area contributed by atoms with Crippen LogP contribution in [0.3, 0.4) is 0 Å². The molecule has 1 rings (SSSR count). The molecular weight excluding hydrogens is 307 g/mol. The van der Waals surface area contributed by atoms with Crippen molar-refractivity contribution in [2.24, 2.45) is 0 Å². The first-order chi connectivity index (χ1) is 9.65. The monoisotopic (exact) mass is 321 g/mol. The first-order valence-electron chi connectivity index (χ1n) is 5.89. The van der Waals surface area contributed by atoms with Gasteiger partial charge >= 0.3 is 18.1 Å². The number of hydrogen-bond donors (Lipinski definition) is 2. The van der Waals surface area contributed by atoms with Crippen LogP contribution >= 0.6 is 11.8 Å². The summed E-state index contributed by atoms with van der Waals surface area (Å²) >= 11 is 1.13. The highest BCUT2D eigenvalue weighted by atomic mass is 32.2. The molecule has 0 spiro atoms. The molecule has 21 heavy (non-hydrogen) atoms. The highest BCUT2D eigenvalue weighted by Gasteiger charge is 2.45. The maximum atomic E-state index is 12.2. The molecule has 0 bridgehead atoms. The number of rotatable bonds is 6. The van der Waals surface area contributed by atoms with Gasteiger partial charge in [-0.3, -0.25) is 4.79 Å². The molecule has 0 aliphatic rings. The van der Waals surface area contributed by atoms with Gasteiger partial charge in [0.15, 0.2) is 0 Å². The summed E-state index contributed by atoms with van der Waals surface area (Å²) in [6, 6.07) is 9.06. The van der Waals surface area contributed by atoms with Crippen LogP contribution in [0.4, 0.5) is 13.2 Å². The molecule has 0 aliphatic carbocycles. The Kier molecular flexibility index (Phi) is 5.65. The quantitative estimate of drug-likeness (QED) is 0.844. The number of alkyl halides is 3. The van der Waals surface area contributed by atoms with E-state index in [1.54, 1.807) is 12.1 Å². The van der Waals surface area contributed by atoms with E-state index in [0.717, 1.165) is 24.2 Å². The molecule has 116 valence electrons. The predicted molar refractivity (Wildman–Crippen MR) is 72.8 cm³/mol. The molecule has 8 heteroatoms. The summed E-state index contributed by atoms with van der Waals surface area (Å²) in [6.45, 7) is 1.05. The maximum Gasteiger partial charge on any atom is 0.471 e. The molecule has 1 aromatic rings. The standard InChI is InChI=1S/C13H14F3NO3S/c1-12(11(19)20,17-10(18)13(14,15)16)8-21-7-9-5-3-2-4-6-9/h2-6H,7-8H2,1H3,(H,17,18)(H,19,20)/t12-/m1/s1. The molecule has 0 radical (unpaired) electrons. The minimum absolute atomic E-state index is 0.182. The van der Waals surface area contributed by atoms with Gasteiger partial charge in [0.25, 0.3) is 0 Å². The van der Waals surface area contributed by atoms with E-state index >= 15 is 0 Å². The number of benzene rings is 1. The van der Waals surface area contributed by atoms with E-state index in [9.17, 15) is 22.8 Å². The number of nitrogens with one attached hydrogen (secondary N) is 1. The summed E-state index contributed by atoms with van der Waals surface area (Å²) in [4.78, 5) is 22.0. The molecule has 0 fully saturated rings. The van der Waals surface area contributed by atoms with Crippen LogP contribution in [0.25, 0.3) is 0 Å². The summed E-state index contributed by atoms with van der Waals surface area (Å²) in [5, 5.41) is 10.6. The fraction of sp³-hybridized carbons (Fsp3) is 0.385. The van der Waals surface area contributed by atoms with Crippen LogP contribution in [-0.4, -0.2) is 34.5 Å². The van der Waals surface area contributed by atoms with Gasteiger partial charge in [-0.2, -0.15) is 24.9 Å². The topological polar surface area (TPSA) is 66.4 Å². The van der Waals surface area contributed by atoms with Crippen LogP contribution in [0, 0.1) is 0 Å². The Morgan fingerprint density at radius 1 is 1.24 bits per heavy atom. The van der Waals surface area contributed by atoms with E-state index < -0.39 is 23.6 Å². The van der Waals surface area contributed by atoms with E-state index in [2.05, 4.69) is 0 Å². The number of amides is 1. The van der Waals surface area contributed by atoms with Crippen molar-refractivity contribution < 1.29 is 27.9 Å². The van der Waals surface area contributed by atoms with Crippen molar-refractivity contribution in [1.29, 1.82) is 0 Å². The summed E-state index contributed by atoms with van der Waals surface area (Å²) in [5.74, 6) is -3.52. The van der Waals surface area contributed by atoms with Crippen LogP contribution in [0.5, 0.6) is 0 Å². The smallest absolute Gasteiger partial charge is 0.471 e. The number of carboxylic acids is 1. The Labute approximate surface area is 123 Å². The second-order valence-corrected chi connectivity index (χ2v) is 5.55. The van der Waals surface area contributed by atoms with Crippen LogP contribution in [0.2, 0.25) is 0 Å².